The van der Waals surface area contributed by atoms with Crippen molar-refractivity contribution in [3.8, 4) is 0 Å². The van der Waals surface area contributed by atoms with Gasteiger partial charge in [-0.25, -0.2) is 9.13 Å². The number of hydrogen-bond acceptors (Lipinski definition) is 21. The molecule has 1 fully saturated rings. The summed E-state index contributed by atoms with van der Waals surface area (Å²) in [4.78, 5) is 115. The van der Waals surface area contributed by atoms with Gasteiger partial charge in [-0.2, -0.15) is 4.31 Å². The lowest BCUT2D eigenvalue weighted by molar-refractivity contribution is -0.377. The lowest BCUT2D eigenvalue weighted by Crippen LogP contribution is -2.67. The van der Waals surface area contributed by atoms with E-state index in [0.717, 1.165) is 0 Å². The Morgan fingerprint density at radius 2 is 0.722 bits per heavy atom. The van der Waals surface area contributed by atoms with E-state index in [9.17, 15) is 76.5 Å². The van der Waals surface area contributed by atoms with E-state index in [1.807, 2.05) is 0 Å². The van der Waals surface area contributed by atoms with Crippen LogP contribution in [0.1, 0.15) is 0 Å². The maximum Gasteiger partial charge on any atom is 0.481 e. The summed E-state index contributed by atoms with van der Waals surface area (Å²) in [6, 6.07) is 0. The minimum Gasteiger partial charge on any atom is -0.790 e. The molecule has 30 heteroatoms. The molecule has 36 heavy (non-hydrogen) atoms. The van der Waals surface area contributed by atoms with Gasteiger partial charge in [0.1, 0.15) is 36.6 Å². The van der Waals surface area contributed by atoms with Gasteiger partial charge in [-0.3, -0.25) is 4.52 Å². The molecule has 1 aliphatic rings. The first-order chi connectivity index (χ1) is 15.6. The number of phosphoric ester groups is 5. The Hall–Kier alpha value is 0.660. The molecule has 1 aliphatic carbocycles. The van der Waals surface area contributed by atoms with E-state index in [1.165, 1.54) is 0 Å². The van der Waals surface area contributed by atoms with Gasteiger partial charge in [0.2, 0.25) is 0 Å². The van der Waals surface area contributed by atoms with Crippen LogP contribution in [-0.4, -0.2) is 56.4 Å². The van der Waals surface area contributed by atoms with Crippen LogP contribution in [-0.2, 0) is 54.3 Å². The van der Waals surface area contributed by atoms with Gasteiger partial charge in [0.15, 0.2) is 0 Å². The Labute approximate surface area is 197 Å². The molecule has 0 saturated heterocycles. The average molecular weight is 652 g/mol. The van der Waals surface area contributed by atoms with Crippen molar-refractivity contribution in [2.75, 3.05) is 0 Å². The summed E-state index contributed by atoms with van der Waals surface area (Å²) in [5.74, 6) is 0. The zero-order valence-corrected chi connectivity index (χ0v) is 21.5. The molecule has 4 N–H and O–H groups in total. The fraction of sp³-hybridized carbons (Fsp3) is 1.00. The molecule has 24 nitrogen and oxygen atoms in total. The van der Waals surface area contributed by atoms with Crippen molar-refractivity contribution in [2.24, 2.45) is 0 Å². The van der Waals surface area contributed by atoms with Gasteiger partial charge >= 0.3 is 15.6 Å². The summed E-state index contributed by atoms with van der Waals surface area (Å²) < 4.78 is 89.1. The van der Waals surface area contributed by atoms with Gasteiger partial charge in [0.25, 0.3) is 0 Å². The first-order valence-electron chi connectivity index (χ1n) is 7.87. The Morgan fingerprint density at radius 1 is 0.472 bits per heavy atom. The van der Waals surface area contributed by atoms with Crippen LogP contribution < -0.4 is 39.1 Å². The van der Waals surface area contributed by atoms with Crippen LogP contribution in [0, 0.1) is 0 Å². The van der Waals surface area contributed by atoms with Gasteiger partial charge < -0.3 is 95.3 Å². The summed E-state index contributed by atoms with van der Waals surface area (Å²) in [5.41, 5.74) is 0. The van der Waals surface area contributed by atoms with Crippen LogP contribution in [0.2, 0.25) is 0 Å². The third-order valence-electron chi connectivity index (χ3n) is 3.44. The van der Waals surface area contributed by atoms with Crippen LogP contribution in [0.15, 0.2) is 0 Å². The molecule has 0 aliphatic heterocycles. The van der Waals surface area contributed by atoms with Crippen LogP contribution in [0.3, 0.4) is 0 Å². The first kappa shape index (κ1) is 34.7. The summed E-state index contributed by atoms with van der Waals surface area (Å²) in [5, 5.41) is 10.2. The van der Waals surface area contributed by atoms with E-state index in [2.05, 4.69) is 26.9 Å². The number of aliphatic hydroxyl groups is 1. The molecule has 216 valence electrons. The van der Waals surface area contributed by atoms with Crippen molar-refractivity contribution < 1.29 is 113 Å². The molecule has 1 rings (SSSR count). The lowest BCUT2D eigenvalue weighted by atomic mass is 9.85. The fourth-order valence-corrected chi connectivity index (χ4v) is 6.58. The van der Waals surface area contributed by atoms with Crippen molar-refractivity contribution in [1.82, 2.24) is 0 Å². The van der Waals surface area contributed by atoms with E-state index in [0.29, 0.717) is 0 Å². The van der Waals surface area contributed by atoms with E-state index in [1.54, 1.807) is 0 Å². The van der Waals surface area contributed by atoms with E-state index in [-0.39, 0.29) is 0 Å². The summed E-state index contributed by atoms with van der Waals surface area (Å²) in [6.07, 6.45) is -20.2. The van der Waals surface area contributed by atoms with E-state index in [4.69, 9.17) is 9.79 Å². The van der Waals surface area contributed by atoms with Gasteiger partial charge in [-0.05, 0) is 0 Å². The maximum absolute atomic E-state index is 11.9. The Balaban J connectivity index is 3.85. The topological polar surface area (TPSA) is 423 Å². The van der Waals surface area contributed by atoms with E-state index >= 15 is 0 Å². The smallest absolute Gasteiger partial charge is 0.481 e. The molecule has 0 spiro atoms. The second kappa shape index (κ2) is 11.6. The third-order valence-corrected chi connectivity index (χ3v) is 7.63. The molecule has 1 saturated carbocycles. The molecular formula is C6H10O24P6-8. The standard InChI is InChI=1S/C6H18O24P6/c7-1-2(25-31(8,9)10)4(27-33(14,15)16)6(28-34(17,18)19)5(3(1)26-32(11,12)13)29-36(23,24)30-35(20,21)22/h1-7H,(H,23,24)(H2,8,9,10)(H2,11,12,13)(H2,14,15,16)(H2,17,18,19)(H2,20,21,22)/p-8/t1-,2+,3+,4+,5-,6-/m1/s1. The van der Waals surface area contributed by atoms with Crippen molar-refractivity contribution in [3.63, 3.8) is 0 Å². The van der Waals surface area contributed by atoms with Crippen LogP contribution in [0.25, 0.3) is 0 Å². The molecular weight excluding hydrogens is 642 g/mol. The highest BCUT2D eigenvalue weighted by atomic mass is 31.3. The predicted molar refractivity (Wildman–Crippen MR) is 83.8 cm³/mol. The highest BCUT2D eigenvalue weighted by Crippen LogP contribution is 2.60. The highest BCUT2D eigenvalue weighted by molar-refractivity contribution is 7.60. The Bertz CT molecular complexity index is 1050. The number of rotatable bonds is 12. The molecule has 0 heterocycles. The van der Waals surface area contributed by atoms with Crippen LogP contribution in [0.5, 0.6) is 0 Å². The third kappa shape index (κ3) is 12.7. The molecule has 0 aromatic heterocycles. The second-order valence-electron chi connectivity index (χ2n) is 6.17. The predicted octanol–water partition coefficient (Wildman–Crippen LogP) is -8.19. The summed E-state index contributed by atoms with van der Waals surface area (Å²) in [6.45, 7) is 0. The zero-order valence-electron chi connectivity index (χ0n) is 16.1. The minimum absolute atomic E-state index is 3.28. The largest absolute Gasteiger partial charge is 0.790 e. The van der Waals surface area contributed by atoms with Gasteiger partial charge in [-0.15, -0.1) is 0 Å². The monoisotopic (exact) mass is 652 g/mol. The van der Waals surface area contributed by atoms with Crippen molar-refractivity contribution >= 4 is 46.9 Å². The van der Waals surface area contributed by atoms with E-state index < -0.39 is 83.6 Å². The molecule has 1 unspecified atom stereocenters. The minimum atomic E-state index is -6.62. The van der Waals surface area contributed by atoms with Crippen molar-refractivity contribution in [3.05, 3.63) is 0 Å². The molecule has 0 bridgehead atoms. The van der Waals surface area contributed by atoms with Gasteiger partial charge in [0.05, 0.1) is 31.3 Å². The lowest BCUT2D eigenvalue weighted by Gasteiger charge is -2.54. The molecule has 7 atom stereocenters. The SMILES string of the molecule is O=P([O-])([O-])O[C@@H]1[C@@H](OP(=O)([O-])[O-])[C@@H](OP(=O)([O-])[O-])[C@@H](O)[C@H](OP(=O)([O-])[O-])[C@H]1OP(=O)(O)OP(=O)(O)O. The normalized spacial score (nSPS) is 30.7. The molecule has 0 aromatic rings. The average Bonchev–Trinajstić information content (AvgIpc) is 2.51. The second-order valence-corrected chi connectivity index (χ2v) is 13.4. The van der Waals surface area contributed by atoms with Gasteiger partial charge in [-0.1, -0.05) is 0 Å². The quantitative estimate of drug-likeness (QED) is 0.142. The Kier molecular flexibility index (Phi) is 11.2. The van der Waals surface area contributed by atoms with Crippen molar-refractivity contribution in [1.29, 1.82) is 0 Å². The zero-order chi connectivity index (χ0) is 28.7. The molecule has 0 amide bonds. The van der Waals surface area contributed by atoms with Crippen LogP contribution >= 0.6 is 46.9 Å². The highest BCUT2D eigenvalue weighted by Gasteiger charge is 2.57. The number of hydrogen-bond donors (Lipinski definition) is 4. The Morgan fingerprint density at radius 3 is 1.00 bits per heavy atom. The number of phosphoric acid groups is 6. The maximum atomic E-state index is 11.9. The molecule has 0 radical (unpaired) electrons. The first-order valence-corrected chi connectivity index (χ1v) is 16.7. The van der Waals surface area contributed by atoms with Gasteiger partial charge in [0, 0.05) is 0 Å². The fourth-order valence-electron chi connectivity index (χ4n) is 2.64. The van der Waals surface area contributed by atoms with Crippen molar-refractivity contribution in [2.45, 2.75) is 36.6 Å². The van der Waals surface area contributed by atoms with Crippen LogP contribution in [0.4, 0.5) is 0 Å². The summed E-state index contributed by atoms with van der Waals surface area (Å²) in [7, 11) is -38.6. The summed E-state index contributed by atoms with van der Waals surface area (Å²) >= 11 is 0. The molecule has 0 aromatic carbocycles. The number of aliphatic hydroxyl groups excluding tert-OH is 1.